The molecule has 0 fully saturated rings. The Bertz CT molecular complexity index is 551. The molecule has 0 aliphatic rings. The Labute approximate surface area is 121 Å². The molecule has 0 unspecified atom stereocenters. The Balaban J connectivity index is 2.12. The standard InChI is InChI=1S/C14H17BrFN3/c1-10(2)18-8-14-17-5-6-19(14)9-11-3-4-12(15)7-13(11)16/h3-7,10,18H,8-9H2,1-2H3. The van der Waals surface area contributed by atoms with Crippen LogP contribution in [-0.4, -0.2) is 15.6 Å². The molecule has 2 rings (SSSR count). The first kappa shape index (κ1) is 14.2. The van der Waals surface area contributed by atoms with E-state index in [4.69, 9.17) is 0 Å². The maximum Gasteiger partial charge on any atom is 0.129 e. The number of hydrogen-bond donors (Lipinski definition) is 1. The monoisotopic (exact) mass is 325 g/mol. The van der Waals surface area contributed by atoms with Crippen molar-refractivity contribution in [2.24, 2.45) is 0 Å². The van der Waals surface area contributed by atoms with Crippen LogP contribution in [0.3, 0.4) is 0 Å². The van der Waals surface area contributed by atoms with Crippen LogP contribution in [0.15, 0.2) is 35.1 Å². The van der Waals surface area contributed by atoms with Gasteiger partial charge in [-0.05, 0) is 12.1 Å². The van der Waals surface area contributed by atoms with Gasteiger partial charge in [0.1, 0.15) is 11.6 Å². The summed E-state index contributed by atoms with van der Waals surface area (Å²) in [7, 11) is 0. The average molecular weight is 326 g/mol. The smallest absolute Gasteiger partial charge is 0.129 e. The van der Waals surface area contributed by atoms with Gasteiger partial charge in [0.05, 0.1) is 13.1 Å². The molecule has 1 N–H and O–H groups in total. The van der Waals surface area contributed by atoms with Crippen molar-refractivity contribution in [3.8, 4) is 0 Å². The molecule has 1 aromatic carbocycles. The van der Waals surface area contributed by atoms with Crippen LogP contribution < -0.4 is 5.32 Å². The van der Waals surface area contributed by atoms with E-state index in [9.17, 15) is 4.39 Å². The molecule has 1 heterocycles. The van der Waals surface area contributed by atoms with Crippen molar-refractivity contribution in [1.82, 2.24) is 14.9 Å². The van der Waals surface area contributed by atoms with Gasteiger partial charge in [0.15, 0.2) is 0 Å². The third-order valence-corrected chi connectivity index (χ3v) is 3.32. The summed E-state index contributed by atoms with van der Waals surface area (Å²) in [5.74, 6) is 0.710. The zero-order valence-electron chi connectivity index (χ0n) is 11.0. The highest BCUT2D eigenvalue weighted by atomic mass is 79.9. The minimum atomic E-state index is -0.203. The van der Waals surface area contributed by atoms with Gasteiger partial charge in [-0.15, -0.1) is 0 Å². The molecule has 2 aromatic rings. The fourth-order valence-corrected chi connectivity index (χ4v) is 2.11. The van der Waals surface area contributed by atoms with E-state index in [0.717, 1.165) is 10.3 Å². The highest BCUT2D eigenvalue weighted by Gasteiger charge is 2.07. The van der Waals surface area contributed by atoms with Gasteiger partial charge in [-0.3, -0.25) is 0 Å². The molecular formula is C14H17BrFN3. The maximum atomic E-state index is 13.8. The van der Waals surface area contributed by atoms with Gasteiger partial charge in [0, 0.05) is 28.5 Å². The molecular weight excluding hydrogens is 309 g/mol. The average Bonchev–Trinajstić information content (AvgIpc) is 2.77. The third-order valence-electron chi connectivity index (χ3n) is 2.83. The van der Waals surface area contributed by atoms with Crippen LogP contribution in [-0.2, 0) is 13.1 Å². The molecule has 0 atom stereocenters. The van der Waals surface area contributed by atoms with E-state index >= 15 is 0 Å². The molecule has 0 saturated carbocycles. The summed E-state index contributed by atoms with van der Waals surface area (Å²) in [6.45, 7) is 5.35. The van der Waals surface area contributed by atoms with E-state index in [1.54, 1.807) is 12.3 Å². The third kappa shape index (κ3) is 3.88. The lowest BCUT2D eigenvalue weighted by molar-refractivity contribution is 0.547. The van der Waals surface area contributed by atoms with E-state index < -0.39 is 0 Å². The molecule has 0 spiro atoms. The Morgan fingerprint density at radius 3 is 2.89 bits per heavy atom. The number of nitrogens with zero attached hydrogens (tertiary/aromatic N) is 2. The van der Waals surface area contributed by atoms with E-state index in [0.29, 0.717) is 24.7 Å². The van der Waals surface area contributed by atoms with Crippen LogP contribution in [0.4, 0.5) is 4.39 Å². The number of imidazole rings is 1. The van der Waals surface area contributed by atoms with Gasteiger partial charge >= 0.3 is 0 Å². The van der Waals surface area contributed by atoms with Crippen molar-refractivity contribution in [1.29, 1.82) is 0 Å². The number of benzene rings is 1. The molecule has 0 bridgehead atoms. The number of hydrogen-bond acceptors (Lipinski definition) is 2. The fraction of sp³-hybridized carbons (Fsp3) is 0.357. The Hall–Kier alpha value is -1.20. The molecule has 0 aliphatic heterocycles. The maximum absolute atomic E-state index is 13.8. The van der Waals surface area contributed by atoms with Crippen molar-refractivity contribution in [3.63, 3.8) is 0 Å². The first-order valence-electron chi connectivity index (χ1n) is 6.23. The summed E-state index contributed by atoms with van der Waals surface area (Å²) < 4.78 is 16.5. The molecule has 102 valence electrons. The molecule has 0 aliphatic carbocycles. The lowest BCUT2D eigenvalue weighted by atomic mass is 10.2. The Morgan fingerprint density at radius 1 is 1.42 bits per heavy atom. The highest BCUT2D eigenvalue weighted by Crippen LogP contribution is 2.16. The quantitative estimate of drug-likeness (QED) is 0.913. The zero-order valence-corrected chi connectivity index (χ0v) is 12.6. The van der Waals surface area contributed by atoms with E-state index in [-0.39, 0.29) is 5.82 Å². The van der Waals surface area contributed by atoms with Gasteiger partial charge in [0.2, 0.25) is 0 Å². The minimum absolute atomic E-state index is 0.203. The van der Waals surface area contributed by atoms with Crippen LogP contribution in [0.5, 0.6) is 0 Å². The summed E-state index contributed by atoms with van der Waals surface area (Å²) >= 11 is 3.26. The molecule has 0 saturated heterocycles. The second kappa shape index (κ2) is 6.30. The van der Waals surface area contributed by atoms with Crippen LogP contribution in [0.25, 0.3) is 0 Å². The van der Waals surface area contributed by atoms with Gasteiger partial charge < -0.3 is 9.88 Å². The Kier molecular flexibility index (Phi) is 4.71. The molecule has 3 nitrogen and oxygen atoms in total. The van der Waals surface area contributed by atoms with E-state index in [1.807, 2.05) is 16.8 Å². The lowest BCUT2D eigenvalue weighted by Gasteiger charge is -2.11. The number of rotatable bonds is 5. The van der Waals surface area contributed by atoms with Crippen LogP contribution in [0, 0.1) is 5.82 Å². The zero-order chi connectivity index (χ0) is 13.8. The molecule has 1 aromatic heterocycles. The number of nitrogens with one attached hydrogen (secondary N) is 1. The number of aromatic nitrogens is 2. The van der Waals surface area contributed by atoms with E-state index in [2.05, 4.69) is 40.1 Å². The Morgan fingerprint density at radius 2 is 2.21 bits per heavy atom. The van der Waals surface area contributed by atoms with Crippen molar-refractivity contribution < 1.29 is 4.39 Å². The fourth-order valence-electron chi connectivity index (χ4n) is 1.78. The second-order valence-electron chi connectivity index (χ2n) is 4.74. The van der Waals surface area contributed by atoms with Crippen molar-refractivity contribution in [2.75, 3.05) is 0 Å². The molecule has 19 heavy (non-hydrogen) atoms. The molecule has 0 radical (unpaired) electrons. The van der Waals surface area contributed by atoms with Gasteiger partial charge in [0.25, 0.3) is 0 Å². The summed E-state index contributed by atoms with van der Waals surface area (Å²) in [5.41, 5.74) is 0.659. The summed E-state index contributed by atoms with van der Waals surface area (Å²) in [5, 5.41) is 3.31. The first-order valence-corrected chi connectivity index (χ1v) is 7.03. The van der Waals surface area contributed by atoms with Gasteiger partial charge in [-0.25, -0.2) is 9.37 Å². The summed E-state index contributed by atoms with van der Waals surface area (Å²) in [6, 6.07) is 5.52. The largest absolute Gasteiger partial charge is 0.329 e. The molecule has 5 heteroatoms. The number of halogens is 2. The van der Waals surface area contributed by atoms with Crippen molar-refractivity contribution >= 4 is 15.9 Å². The van der Waals surface area contributed by atoms with Gasteiger partial charge in [-0.2, -0.15) is 0 Å². The summed E-state index contributed by atoms with van der Waals surface area (Å²) in [4.78, 5) is 4.30. The van der Waals surface area contributed by atoms with Crippen molar-refractivity contribution in [2.45, 2.75) is 33.0 Å². The lowest BCUT2D eigenvalue weighted by Crippen LogP contribution is -2.24. The van der Waals surface area contributed by atoms with Crippen LogP contribution in [0.1, 0.15) is 25.2 Å². The van der Waals surface area contributed by atoms with Gasteiger partial charge in [-0.1, -0.05) is 35.8 Å². The van der Waals surface area contributed by atoms with Crippen molar-refractivity contribution in [3.05, 3.63) is 52.3 Å². The highest BCUT2D eigenvalue weighted by molar-refractivity contribution is 9.10. The topological polar surface area (TPSA) is 29.9 Å². The normalized spacial score (nSPS) is 11.2. The second-order valence-corrected chi connectivity index (χ2v) is 5.66. The predicted molar refractivity (Wildman–Crippen MR) is 77.4 cm³/mol. The van der Waals surface area contributed by atoms with Crippen LogP contribution in [0.2, 0.25) is 0 Å². The predicted octanol–water partition coefficient (Wildman–Crippen LogP) is 3.33. The van der Waals surface area contributed by atoms with E-state index in [1.165, 1.54) is 6.07 Å². The van der Waals surface area contributed by atoms with Crippen LogP contribution >= 0.6 is 15.9 Å². The molecule has 0 amide bonds. The SMILES string of the molecule is CC(C)NCc1nccn1Cc1ccc(Br)cc1F. The summed E-state index contributed by atoms with van der Waals surface area (Å²) in [6.07, 6.45) is 3.62. The minimum Gasteiger partial charge on any atom is -0.329 e. The first-order chi connectivity index (χ1) is 9.06.